The monoisotopic (exact) mass is 224 g/mol. The number of imidazole rings is 1. The fourth-order valence-corrected chi connectivity index (χ4v) is 1.95. The van der Waals surface area contributed by atoms with Crippen molar-refractivity contribution in [3.05, 3.63) is 48.2 Å². The third-order valence-electron chi connectivity index (χ3n) is 2.61. The van der Waals surface area contributed by atoms with Crippen molar-refractivity contribution in [2.45, 2.75) is 13.8 Å². The minimum atomic E-state index is 0.717. The molecule has 0 aliphatic rings. The van der Waals surface area contributed by atoms with Crippen molar-refractivity contribution in [3.8, 4) is 11.3 Å². The van der Waals surface area contributed by atoms with E-state index in [9.17, 15) is 0 Å². The first-order valence-electron chi connectivity index (χ1n) is 5.48. The Labute approximate surface area is 99.0 Å². The van der Waals surface area contributed by atoms with Gasteiger partial charge in [0, 0.05) is 35.5 Å². The van der Waals surface area contributed by atoms with E-state index in [4.69, 9.17) is 0 Å². The highest BCUT2D eigenvalue weighted by atomic mass is 15.1. The topological polar surface area (TPSA) is 43.1 Å². The van der Waals surface area contributed by atoms with Gasteiger partial charge in [0.25, 0.3) is 0 Å². The van der Waals surface area contributed by atoms with Crippen LogP contribution in [-0.2, 0) is 0 Å². The van der Waals surface area contributed by atoms with E-state index in [-0.39, 0.29) is 0 Å². The van der Waals surface area contributed by atoms with E-state index >= 15 is 0 Å². The predicted octanol–water partition coefficient (Wildman–Crippen LogP) is 2.41. The summed E-state index contributed by atoms with van der Waals surface area (Å²) in [7, 11) is 0. The Bertz CT molecular complexity index is 631. The average Bonchev–Trinajstić information content (AvgIpc) is 2.71. The molecule has 0 amide bonds. The van der Waals surface area contributed by atoms with Crippen molar-refractivity contribution in [2.24, 2.45) is 0 Å². The highest BCUT2D eigenvalue weighted by molar-refractivity contribution is 5.62. The largest absolute Gasteiger partial charge is 0.291 e. The number of aromatic nitrogens is 4. The normalized spacial score (nSPS) is 10.9. The second kappa shape index (κ2) is 3.66. The predicted molar refractivity (Wildman–Crippen MR) is 65.7 cm³/mol. The van der Waals surface area contributed by atoms with Gasteiger partial charge in [-0.1, -0.05) is 0 Å². The minimum Gasteiger partial charge on any atom is -0.291 e. The molecule has 0 aliphatic carbocycles. The maximum Gasteiger partial charge on any atom is 0.234 e. The molecule has 0 fully saturated rings. The first kappa shape index (κ1) is 9.96. The van der Waals surface area contributed by atoms with Gasteiger partial charge in [-0.05, 0) is 32.0 Å². The van der Waals surface area contributed by atoms with Crippen LogP contribution in [0.3, 0.4) is 0 Å². The van der Waals surface area contributed by atoms with Gasteiger partial charge in [-0.2, -0.15) is 0 Å². The zero-order valence-corrected chi connectivity index (χ0v) is 9.75. The van der Waals surface area contributed by atoms with Crippen molar-refractivity contribution in [3.63, 3.8) is 0 Å². The molecule has 0 N–H and O–H groups in total. The van der Waals surface area contributed by atoms with Gasteiger partial charge in [0.05, 0.1) is 5.69 Å². The van der Waals surface area contributed by atoms with Crippen LogP contribution in [0.15, 0.2) is 36.8 Å². The fourth-order valence-electron chi connectivity index (χ4n) is 1.95. The number of rotatable bonds is 1. The summed E-state index contributed by atoms with van der Waals surface area (Å²) in [6.07, 6.45) is 5.67. The van der Waals surface area contributed by atoms with Crippen molar-refractivity contribution in [2.75, 3.05) is 0 Å². The molecular formula is C13H12N4. The van der Waals surface area contributed by atoms with Gasteiger partial charge in [-0.15, -0.1) is 0 Å². The lowest BCUT2D eigenvalue weighted by Gasteiger charge is -2.00. The van der Waals surface area contributed by atoms with E-state index < -0.39 is 0 Å². The van der Waals surface area contributed by atoms with Crippen LogP contribution < -0.4 is 0 Å². The van der Waals surface area contributed by atoms with E-state index in [1.54, 1.807) is 6.20 Å². The minimum absolute atomic E-state index is 0.717. The van der Waals surface area contributed by atoms with Gasteiger partial charge in [0.1, 0.15) is 0 Å². The summed E-state index contributed by atoms with van der Waals surface area (Å²) in [6, 6.07) is 5.96. The van der Waals surface area contributed by atoms with Gasteiger partial charge in [-0.3, -0.25) is 9.38 Å². The summed E-state index contributed by atoms with van der Waals surface area (Å²) < 4.78 is 1.92. The summed E-state index contributed by atoms with van der Waals surface area (Å²) in [5.74, 6) is 0.717. The Morgan fingerprint density at radius 3 is 2.53 bits per heavy atom. The number of pyridine rings is 1. The third kappa shape index (κ3) is 1.78. The molecule has 17 heavy (non-hydrogen) atoms. The Morgan fingerprint density at radius 1 is 1.06 bits per heavy atom. The zero-order valence-electron chi connectivity index (χ0n) is 9.75. The van der Waals surface area contributed by atoms with Crippen LogP contribution in [-0.4, -0.2) is 19.4 Å². The Morgan fingerprint density at radius 2 is 1.82 bits per heavy atom. The van der Waals surface area contributed by atoms with E-state index in [1.807, 2.05) is 48.8 Å². The molecule has 3 rings (SSSR count). The molecule has 0 saturated carbocycles. The number of aryl methyl sites for hydroxylation is 2. The highest BCUT2D eigenvalue weighted by Gasteiger charge is 2.06. The molecular weight excluding hydrogens is 212 g/mol. The summed E-state index contributed by atoms with van der Waals surface area (Å²) in [4.78, 5) is 13.1. The molecule has 3 aromatic heterocycles. The quantitative estimate of drug-likeness (QED) is 0.637. The highest BCUT2D eigenvalue weighted by Crippen LogP contribution is 2.19. The Hall–Kier alpha value is -2.23. The van der Waals surface area contributed by atoms with Crippen molar-refractivity contribution in [1.29, 1.82) is 0 Å². The van der Waals surface area contributed by atoms with Gasteiger partial charge in [-0.25, -0.2) is 9.97 Å². The maximum absolute atomic E-state index is 4.49. The number of hydrogen-bond donors (Lipinski definition) is 0. The SMILES string of the molecule is Cc1cc(-c2cn3cccnc3n2)cc(C)n1. The lowest BCUT2D eigenvalue weighted by Crippen LogP contribution is -1.87. The molecule has 0 spiro atoms. The van der Waals surface area contributed by atoms with E-state index in [0.29, 0.717) is 0 Å². The molecule has 0 atom stereocenters. The number of nitrogens with zero attached hydrogens (tertiary/aromatic N) is 4. The second-order valence-corrected chi connectivity index (χ2v) is 4.09. The van der Waals surface area contributed by atoms with Crippen molar-refractivity contribution in [1.82, 2.24) is 19.4 Å². The van der Waals surface area contributed by atoms with Gasteiger partial charge < -0.3 is 0 Å². The molecule has 84 valence electrons. The van der Waals surface area contributed by atoms with Crippen molar-refractivity contribution < 1.29 is 0 Å². The first-order valence-corrected chi connectivity index (χ1v) is 5.48. The van der Waals surface area contributed by atoms with Crippen LogP contribution >= 0.6 is 0 Å². The lowest BCUT2D eigenvalue weighted by molar-refractivity contribution is 1.11. The standard InChI is InChI=1S/C13H12N4/c1-9-6-11(7-10(2)15-9)12-8-17-5-3-4-14-13(17)16-12/h3-8H,1-2H3. The Balaban J connectivity index is 2.20. The van der Waals surface area contributed by atoms with Gasteiger partial charge >= 0.3 is 0 Å². The molecule has 0 unspecified atom stereocenters. The van der Waals surface area contributed by atoms with E-state index in [0.717, 1.165) is 28.4 Å². The van der Waals surface area contributed by atoms with Gasteiger partial charge in [0.15, 0.2) is 0 Å². The van der Waals surface area contributed by atoms with Crippen LogP contribution in [0.5, 0.6) is 0 Å². The molecule has 4 nitrogen and oxygen atoms in total. The van der Waals surface area contributed by atoms with Crippen LogP contribution in [0, 0.1) is 13.8 Å². The molecule has 0 aliphatic heterocycles. The summed E-state index contributed by atoms with van der Waals surface area (Å²) >= 11 is 0. The van der Waals surface area contributed by atoms with Gasteiger partial charge in [0.2, 0.25) is 5.78 Å². The zero-order chi connectivity index (χ0) is 11.8. The molecule has 0 aromatic carbocycles. The van der Waals surface area contributed by atoms with Crippen LogP contribution in [0.2, 0.25) is 0 Å². The van der Waals surface area contributed by atoms with Crippen LogP contribution in [0.1, 0.15) is 11.4 Å². The fraction of sp³-hybridized carbons (Fsp3) is 0.154. The molecule has 0 radical (unpaired) electrons. The second-order valence-electron chi connectivity index (χ2n) is 4.09. The van der Waals surface area contributed by atoms with E-state index in [1.165, 1.54) is 0 Å². The number of hydrogen-bond acceptors (Lipinski definition) is 3. The smallest absolute Gasteiger partial charge is 0.234 e. The number of fused-ring (bicyclic) bond motifs is 1. The maximum atomic E-state index is 4.49. The molecule has 3 aromatic rings. The van der Waals surface area contributed by atoms with Crippen LogP contribution in [0.25, 0.3) is 17.0 Å². The molecule has 4 heteroatoms. The molecule has 3 heterocycles. The molecule has 0 bridgehead atoms. The van der Waals surface area contributed by atoms with Crippen LogP contribution in [0.4, 0.5) is 0 Å². The van der Waals surface area contributed by atoms with Crippen molar-refractivity contribution >= 4 is 5.78 Å². The lowest BCUT2D eigenvalue weighted by atomic mass is 10.1. The summed E-state index contributed by atoms with van der Waals surface area (Å²) in [6.45, 7) is 3.98. The molecule has 0 saturated heterocycles. The van der Waals surface area contributed by atoms with E-state index in [2.05, 4.69) is 15.0 Å². The first-order chi connectivity index (χ1) is 8.22. The third-order valence-corrected chi connectivity index (χ3v) is 2.61. The summed E-state index contributed by atoms with van der Waals surface area (Å²) in [5, 5.41) is 0. The summed E-state index contributed by atoms with van der Waals surface area (Å²) in [5.41, 5.74) is 4.02. The Kier molecular flexibility index (Phi) is 2.14. The average molecular weight is 224 g/mol.